The Morgan fingerprint density at radius 3 is 2.94 bits per heavy atom. The van der Waals surface area contributed by atoms with Crippen LogP contribution in [0.4, 0.5) is 4.39 Å². The van der Waals surface area contributed by atoms with Crippen molar-refractivity contribution in [3.05, 3.63) is 35.0 Å². The summed E-state index contributed by atoms with van der Waals surface area (Å²) in [6, 6.07) is 6.33. The first-order valence-corrected chi connectivity index (χ1v) is 6.70. The van der Waals surface area contributed by atoms with E-state index in [1.807, 2.05) is 0 Å². The van der Waals surface area contributed by atoms with Crippen LogP contribution in [0, 0.1) is 5.82 Å². The lowest BCUT2D eigenvalue weighted by Crippen LogP contribution is -2.23. The summed E-state index contributed by atoms with van der Waals surface area (Å²) in [4.78, 5) is 12.5. The second kappa shape index (κ2) is 5.93. The molecule has 0 aliphatic rings. The molecule has 2 rings (SSSR count). The van der Waals surface area contributed by atoms with Crippen LogP contribution >= 0.6 is 11.3 Å². The van der Waals surface area contributed by atoms with Gasteiger partial charge in [-0.3, -0.25) is 4.79 Å². The number of nitrogens with one attached hydrogen (secondary N) is 1. The van der Waals surface area contributed by atoms with Gasteiger partial charge in [-0.15, -0.1) is 11.3 Å². The first-order valence-electron chi connectivity index (χ1n) is 5.88. The molecule has 0 unspecified atom stereocenters. The maximum Gasteiger partial charge on any atom is 0.261 e. The van der Waals surface area contributed by atoms with Gasteiger partial charge in [-0.2, -0.15) is 0 Å². The predicted octanol–water partition coefficient (Wildman–Crippen LogP) is 2.51. The summed E-state index contributed by atoms with van der Waals surface area (Å²) in [5.74, 6) is -0.382. The topological polar surface area (TPSA) is 55.1 Å². The van der Waals surface area contributed by atoms with Gasteiger partial charge in [0.25, 0.3) is 5.91 Å². The summed E-state index contributed by atoms with van der Waals surface area (Å²) in [5, 5.41) is 3.73. The SMILES string of the molecule is NCCCCNC(=O)c1cc2ccc(F)cc2s1. The number of unbranched alkanes of at least 4 members (excludes halogenated alkanes) is 1. The van der Waals surface area contributed by atoms with Crippen LogP contribution in [0.1, 0.15) is 22.5 Å². The largest absolute Gasteiger partial charge is 0.351 e. The quantitative estimate of drug-likeness (QED) is 0.817. The van der Waals surface area contributed by atoms with Crippen molar-refractivity contribution >= 4 is 27.3 Å². The number of amides is 1. The smallest absolute Gasteiger partial charge is 0.261 e. The number of halogens is 1. The third kappa shape index (κ3) is 3.05. The number of carbonyl (C=O) groups is 1. The fourth-order valence-corrected chi connectivity index (χ4v) is 2.68. The summed E-state index contributed by atoms with van der Waals surface area (Å²) in [6.07, 6.45) is 1.78. The molecule has 1 aromatic carbocycles. The van der Waals surface area contributed by atoms with Gasteiger partial charge in [0.05, 0.1) is 4.88 Å². The molecule has 3 nitrogen and oxygen atoms in total. The number of rotatable bonds is 5. The van der Waals surface area contributed by atoms with Gasteiger partial charge in [0, 0.05) is 11.2 Å². The average Bonchev–Trinajstić information content (AvgIpc) is 2.77. The Kier molecular flexibility index (Phi) is 4.28. The molecule has 0 spiro atoms. The number of hydrogen-bond donors (Lipinski definition) is 2. The van der Waals surface area contributed by atoms with Gasteiger partial charge >= 0.3 is 0 Å². The number of nitrogens with two attached hydrogens (primary N) is 1. The number of fused-ring (bicyclic) bond motifs is 1. The Labute approximate surface area is 109 Å². The second-order valence-electron chi connectivity index (χ2n) is 4.04. The molecule has 0 bridgehead atoms. The Morgan fingerprint density at radius 2 is 2.17 bits per heavy atom. The molecule has 0 aliphatic carbocycles. The van der Waals surface area contributed by atoms with Crippen LogP contribution in [-0.4, -0.2) is 19.0 Å². The summed E-state index contributed by atoms with van der Waals surface area (Å²) in [7, 11) is 0. The monoisotopic (exact) mass is 266 g/mol. The fourth-order valence-electron chi connectivity index (χ4n) is 1.68. The van der Waals surface area contributed by atoms with Gasteiger partial charge in [-0.1, -0.05) is 6.07 Å². The standard InChI is InChI=1S/C13H15FN2OS/c14-10-4-3-9-7-12(18-11(9)8-10)13(17)16-6-2-1-5-15/h3-4,7-8H,1-2,5-6,15H2,(H,16,17). The first-order chi connectivity index (χ1) is 8.70. The van der Waals surface area contributed by atoms with Crippen molar-refractivity contribution in [3.8, 4) is 0 Å². The molecule has 0 saturated carbocycles. The van der Waals surface area contributed by atoms with E-state index in [9.17, 15) is 9.18 Å². The molecule has 5 heteroatoms. The van der Waals surface area contributed by atoms with Gasteiger partial charge in [-0.05, 0) is 43.0 Å². The molecule has 2 aromatic rings. The maximum absolute atomic E-state index is 13.0. The summed E-state index contributed by atoms with van der Waals surface area (Å²) in [5.41, 5.74) is 5.38. The molecule has 0 saturated heterocycles. The Balaban J connectivity index is 2.04. The van der Waals surface area contributed by atoms with Crippen LogP contribution < -0.4 is 11.1 Å². The molecule has 0 radical (unpaired) electrons. The van der Waals surface area contributed by atoms with E-state index in [0.29, 0.717) is 18.0 Å². The molecule has 0 atom stereocenters. The van der Waals surface area contributed by atoms with Crippen molar-refractivity contribution in [2.75, 3.05) is 13.1 Å². The molecule has 0 aliphatic heterocycles. The van der Waals surface area contributed by atoms with E-state index in [-0.39, 0.29) is 11.7 Å². The highest BCUT2D eigenvalue weighted by Crippen LogP contribution is 2.26. The van der Waals surface area contributed by atoms with E-state index in [4.69, 9.17) is 5.73 Å². The number of carbonyl (C=O) groups excluding carboxylic acids is 1. The average molecular weight is 266 g/mol. The highest BCUT2D eigenvalue weighted by Gasteiger charge is 2.09. The number of benzene rings is 1. The zero-order chi connectivity index (χ0) is 13.0. The van der Waals surface area contributed by atoms with Crippen LogP contribution in [0.25, 0.3) is 10.1 Å². The van der Waals surface area contributed by atoms with Crippen molar-refractivity contribution < 1.29 is 9.18 Å². The minimum absolute atomic E-state index is 0.103. The number of hydrogen-bond acceptors (Lipinski definition) is 3. The summed E-state index contributed by atoms with van der Waals surface area (Å²) in [6.45, 7) is 1.26. The fraction of sp³-hybridized carbons (Fsp3) is 0.308. The molecule has 0 fully saturated rings. The zero-order valence-electron chi connectivity index (χ0n) is 9.91. The van der Waals surface area contributed by atoms with Crippen molar-refractivity contribution in [2.24, 2.45) is 5.73 Å². The minimum Gasteiger partial charge on any atom is -0.351 e. The van der Waals surface area contributed by atoms with Crippen molar-refractivity contribution in [3.63, 3.8) is 0 Å². The number of thiophene rings is 1. The summed E-state index contributed by atoms with van der Waals surface area (Å²) < 4.78 is 13.8. The molecule has 18 heavy (non-hydrogen) atoms. The minimum atomic E-state index is -0.278. The first kappa shape index (κ1) is 13.0. The molecule has 3 N–H and O–H groups in total. The van der Waals surface area contributed by atoms with E-state index in [1.165, 1.54) is 23.5 Å². The van der Waals surface area contributed by atoms with Crippen LogP contribution in [0.5, 0.6) is 0 Å². The van der Waals surface area contributed by atoms with E-state index in [1.54, 1.807) is 12.1 Å². The van der Waals surface area contributed by atoms with E-state index in [0.717, 1.165) is 22.9 Å². The molecular formula is C13H15FN2OS. The molecule has 96 valence electrons. The van der Waals surface area contributed by atoms with Gasteiger partial charge in [0.1, 0.15) is 5.82 Å². The lowest BCUT2D eigenvalue weighted by molar-refractivity contribution is 0.0957. The Morgan fingerprint density at radius 1 is 1.33 bits per heavy atom. The van der Waals surface area contributed by atoms with Gasteiger partial charge in [0.2, 0.25) is 0 Å². The van der Waals surface area contributed by atoms with E-state index in [2.05, 4.69) is 5.32 Å². The molecular weight excluding hydrogens is 251 g/mol. The lowest BCUT2D eigenvalue weighted by Gasteiger charge is -2.01. The van der Waals surface area contributed by atoms with Crippen molar-refractivity contribution in [2.45, 2.75) is 12.8 Å². The van der Waals surface area contributed by atoms with Crippen molar-refractivity contribution in [1.82, 2.24) is 5.32 Å². The maximum atomic E-state index is 13.0. The molecule has 1 amide bonds. The van der Waals surface area contributed by atoms with Crippen LogP contribution in [-0.2, 0) is 0 Å². The van der Waals surface area contributed by atoms with Gasteiger partial charge in [0.15, 0.2) is 0 Å². The Hall–Kier alpha value is -1.46. The van der Waals surface area contributed by atoms with Crippen LogP contribution in [0.2, 0.25) is 0 Å². The van der Waals surface area contributed by atoms with Crippen LogP contribution in [0.15, 0.2) is 24.3 Å². The van der Waals surface area contributed by atoms with Crippen molar-refractivity contribution in [1.29, 1.82) is 0 Å². The van der Waals surface area contributed by atoms with Crippen LogP contribution in [0.3, 0.4) is 0 Å². The highest BCUT2D eigenvalue weighted by molar-refractivity contribution is 7.20. The lowest BCUT2D eigenvalue weighted by atomic mass is 10.2. The second-order valence-corrected chi connectivity index (χ2v) is 5.13. The van der Waals surface area contributed by atoms with Gasteiger partial charge in [-0.25, -0.2) is 4.39 Å². The van der Waals surface area contributed by atoms with E-state index < -0.39 is 0 Å². The van der Waals surface area contributed by atoms with E-state index >= 15 is 0 Å². The normalized spacial score (nSPS) is 10.8. The third-order valence-electron chi connectivity index (χ3n) is 2.62. The third-order valence-corrected chi connectivity index (χ3v) is 3.72. The Bertz CT molecular complexity index is 553. The molecule has 1 heterocycles. The zero-order valence-corrected chi connectivity index (χ0v) is 10.7. The predicted molar refractivity (Wildman–Crippen MR) is 72.4 cm³/mol. The molecule has 1 aromatic heterocycles. The highest BCUT2D eigenvalue weighted by atomic mass is 32.1. The van der Waals surface area contributed by atoms with Gasteiger partial charge < -0.3 is 11.1 Å². The summed E-state index contributed by atoms with van der Waals surface area (Å²) >= 11 is 1.31.